The summed E-state index contributed by atoms with van der Waals surface area (Å²) in [4.78, 5) is 23.6. The minimum atomic E-state index is -0.875. The van der Waals surface area contributed by atoms with Gasteiger partial charge in [-0.05, 0) is 31.0 Å². The van der Waals surface area contributed by atoms with Crippen LogP contribution >= 0.6 is 0 Å². The van der Waals surface area contributed by atoms with Gasteiger partial charge in [-0.25, -0.2) is 0 Å². The average Bonchev–Trinajstić information content (AvgIpc) is 2.94. The van der Waals surface area contributed by atoms with Gasteiger partial charge in [0, 0.05) is 11.1 Å². The summed E-state index contributed by atoms with van der Waals surface area (Å²) in [6.45, 7) is 0. The van der Waals surface area contributed by atoms with Crippen molar-refractivity contribution in [3.8, 4) is 0 Å². The molecule has 110 valence electrons. The maximum Gasteiger partial charge on any atom is 0.307 e. The monoisotopic (exact) mass is 287 g/mol. The number of hydrogen-bond donors (Lipinski definition) is 3. The molecule has 1 aliphatic rings. The number of rotatable bonds is 3. The molecule has 1 aromatic carbocycles. The van der Waals surface area contributed by atoms with Gasteiger partial charge in [0.15, 0.2) is 0 Å². The summed E-state index contributed by atoms with van der Waals surface area (Å²) in [5.74, 6) is -2.10. The zero-order valence-corrected chi connectivity index (χ0v) is 11.5. The lowest BCUT2D eigenvalue weighted by molar-refractivity contribution is -0.147. The highest BCUT2D eigenvalue weighted by atomic mass is 16.4. The number of hydrogen-bond acceptors (Lipinski definition) is 3. The van der Waals surface area contributed by atoms with Crippen molar-refractivity contribution in [1.29, 1.82) is 0 Å². The molecular formula is C15H17N3O3. The van der Waals surface area contributed by atoms with Crippen LogP contribution in [0.3, 0.4) is 0 Å². The summed E-state index contributed by atoms with van der Waals surface area (Å²) >= 11 is 0. The van der Waals surface area contributed by atoms with Gasteiger partial charge in [0.05, 0.1) is 23.5 Å². The molecule has 0 saturated heterocycles. The van der Waals surface area contributed by atoms with E-state index >= 15 is 0 Å². The third kappa shape index (κ3) is 2.74. The second-order valence-corrected chi connectivity index (χ2v) is 5.50. The smallest absolute Gasteiger partial charge is 0.307 e. The zero-order valence-electron chi connectivity index (χ0n) is 11.5. The second-order valence-electron chi connectivity index (χ2n) is 5.50. The van der Waals surface area contributed by atoms with E-state index in [0.29, 0.717) is 18.5 Å². The quantitative estimate of drug-likeness (QED) is 0.807. The summed E-state index contributed by atoms with van der Waals surface area (Å²) in [5.41, 5.74) is 1.57. The van der Waals surface area contributed by atoms with Crippen LogP contribution in [0.4, 0.5) is 5.69 Å². The predicted octanol–water partition coefficient (Wildman–Crippen LogP) is 2.39. The van der Waals surface area contributed by atoms with Crippen LogP contribution in [0.2, 0.25) is 0 Å². The summed E-state index contributed by atoms with van der Waals surface area (Å²) in [6.07, 6.45) is 4.68. The molecule has 2 unspecified atom stereocenters. The molecule has 0 radical (unpaired) electrons. The van der Waals surface area contributed by atoms with E-state index in [4.69, 9.17) is 0 Å². The van der Waals surface area contributed by atoms with E-state index in [1.807, 2.05) is 12.1 Å². The Hall–Kier alpha value is -2.37. The number of benzene rings is 1. The molecule has 0 bridgehead atoms. The van der Waals surface area contributed by atoms with Crippen LogP contribution in [-0.2, 0) is 9.59 Å². The Morgan fingerprint density at radius 2 is 2.00 bits per heavy atom. The molecule has 1 fully saturated rings. The van der Waals surface area contributed by atoms with Gasteiger partial charge in [-0.2, -0.15) is 5.10 Å². The van der Waals surface area contributed by atoms with E-state index in [-0.39, 0.29) is 5.91 Å². The molecule has 1 heterocycles. The normalized spacial score (nSPS) is 22.1. The summed E-state index contributed by atoms with van der Waals surface area (Å²) < 4.78 is 0. The predicted molar refractivity (Wildman–Crippen MR) is 77.8 cm³/mol. The van der Waals surface area contributed by atoms with Gasteiger partial charge in [-0.1, -0.05) is 12.8 Å². The standard InChI is InChI=1S/C15H17N3O3/c19-14(11-3-1-2-4-12(11)15(20)21)17-10-5-6-13-9(7-10)8-16-18-13/h5-8,11-12H,1-4H2,(H,16,18)(H,17,19)(H,20,21). The Bertz CT molecular complexity index is 680. The number of carboxylic acids is 1. The first kappa shape index (κ1) is 13.6. The largest absolute Gasteiger partial charge is 0.481 e. The number of carbonyl (C=O) groups is 2. The van der Waals surface area contributed by atoms with Crippen molar-refractivity contribution in [1.82, 2.24) is 10.2 Å². The first-order valence-electron chi connectivity index (χ1n) is 7.12. The van der Waals surface area contributed by atoms with Crippen molar-refractivity contribution >= 4 is 28.5 Å². The van der Waals surface area contributed by atoms with Gasteiger partial charge in [0.25, 0.3) is 0 Å². The Morgan fingerprint density at radius 1 is 1.24 bits per heavy atom. The minimum absolute atomic E-state index is 0.204. The Balaban J connectivity index is 1.76. The van der Waals surface area contributed by atoms with Crippen LogP contribution in [0, 0.1) is 11.8 Å². The van der Waals surface area contributed by atoms with E-state index in [0.717, 1.165) is 23.7 Å². The number of carbonyl (C=O) groups excluding carboxylic acids is 1. The Kier molecular flexibility index (Phi) is 3.60. The van der Waals surface area contributed by atoms with Crippen molar-refractivity contribution < 1.29 is 14.7 Å². The van der Waals surface area contributed by atoms with Crippen molar-refractivity contribution in [3.05, 3.63) is 24.4 Å². The van der Waals surface area contributed by atoms with Crippen LogP contribution in [0.15, 0.2) is 24.4 Å². The average molecular weight is 287 g/mol. The first-order valence-corrected chi connectivity index (χ1v) is 7.12. The highest BCUT2D eigenvalue weighted by Crippen LogP contribution is 2.31. The molecule has 1 aromatic heterocycles. The fraction of sp³-hybridized carbons (Fsp3) is 0.400. The van der Waals surface area contributed by atoms with Crippen molar-refractivity contribution in [2.24, 2.45) is 11.8 Å². The van der Waals surface area contributed by atoms with Gasteiger partial charge in [-0.15, -0.1) is 0 Å². The van der Waals surface area contributed by atoms with E-state index < -0.39 is 17.8 Å². The first-order chi connectivity index (χ1) is 10.1. The molecule has 21 heavy (non-hydrogen) atoms. The Morgan fingerprint density at radius 3 is 2.76 bits per heavy atom. The van der Waals surface area contributed by atoms with Crippen LogP contribution in [0.5, 0.6) is 0 Å². The summed E-state index contributed by atoms with van der Waals surface area (Å²) in [5, 5.41) is 19.8. The molecular weight excluding hydrogens is 270 g/mol. The number of anilines is 1. The lowest BCUT2D eigenvalue weighted by Crippen LogP contribution is -2.36. The molecule has 2 atom stereocenters. The van der Waals surface area contributed by atoms with Crippen molar-refractivity contribution in [2.75, 3.05) is 5.32 Å². The molecule has 6 heteroatoms. The second kappa shape index (κ2) is 5.55. The molecule has 6 nitrogen and oxygen atoms in total. The number of carboxylic acid groups (broad SMARTS) is 1. The lowest BCUT2D eigenvalue weighted by atomic mass is 9.78. The summed E-state index contributed by atoms with van der Waals surface area (Å²) in [7, 11) is 0. The van der Waals surface area contributed by atoms with Crippen molar-refractivity contribution in [3.63, 3.8) is 0 Å². The molecule has 3 rings (SSSR count). The number of nitrogens with one attached hydrogen (secondary N) is 2. The molecule has 0 spiro atoms. The number of aromatic amines is 1. The van der Waals surface area contributed by atoms with Crippen LogP contribution in [0.1, 0.15) is 25.7 Å². The molecule has 0 aliphatic heterocycles. The number of nitrogens with zero attached hydrogens (tertiary/aromatic N) is 1. The van der Waals surface area contributed by atoms with Crippen LogP contribution < -0.4 is 5.32 Å². The zero-order chi connectivity index (χ0) is 14.8. The maximum absolute atomic E-state index is 12.4. The van der Waals surface area contributed by atoms with Crippen molar-refractivity contribution in [2.45, 2.75) is 25.7 Å². The number of fused-ring (bicyclic) bond motifs is 1. The summed E-state index contributed by atoms with van der Waals surface area (Å²) in [6, 6.07) is 5.46. The fourth-order valence-electron chi connectivity index (χ4n) is 3.00. The van der Waals surface area contributed by atoms with Gasteiger partial charge in [0.1, 0.15) is 0 Å². The highest BCUT2D eigenvalue weighted by Gasteiger charge is 2.35. The van der Waals surface area contributed by atoms with Gasteiger partial charge in [-0.3, -0.25) is 14.7 Å². The molecule has 3 N–H and O–H groups in total. The number of amides is 1. The van der Waals surface area contributed by atoms with Gasteiger partial charge >= 0.3 is 5.97 Å². The van der Waals surface area contributed by atoms with E-state index in [1.165, 1.54) is 0 Å². The topological polar surface area (TPSA) is 95.1 Å². The third-order valence-corrected chi connectivity index (χ3v) is 4.13. The molecule has 1 aliphatic carbocycles. The van der Waals surface area contributed by atoms with E-state index in [2.05, 4.69) is 15.5 Å². The number of aliphatic carboxylic acids is 1. The maximum atomic E-state index is 12.4. The van der Waals surface area contributed by atoms with Crippen LogP contribution in [-0.4, -0.2) is 27.2 Å². The molecule has 1 amide bonds. The minimum Gasteiger partial charge on any atom is -0.481 e. The molecule has 2 aromatic rings. The highest BCUT2D eigenvalue weighted by molar-refractivity contribution is 5.96. The lowest BCUT2D eigenvalue weighted by Gasteiger charge is -2.27. The fourth-order valence-corrected chi connectivity index (χ4v) is 3.00. The Labute approximate surface area is 121 Å². The van der Waals surface area contributed by atoms with E-state index in [1.54, 1.807) is 12.3 Å². The van der Waals surface area contributed by atoms with Gasteiger partial charge in [0.2, 0.25) is 5.91 Å². The third-order valence-electron chi connectivity index (χ3n) is 4.13. The van der Waals surface area contributed by atoms with Crippen LogP contribution in [0.25, 0.3) is 10.9 Å². The SMILES string of the molecule is O=C(O)C1CCCCC1C(=O)Nc1ccc2[nH]ncc2c1. The van der Waals surface area contributed by atoms with E-state index in [9.17, 15) is 14.7 Å². The molecule has 1 saturated carbocycles. The number of aromatic nitrogens is 2. The number of H-pyrrole nitrogens is 1. The van der Waals surface area contributed by atoms with Gasteiger partial charge < -0.3 is 10.4 Å².